The van der Waals surface area contributed by atoms with E-state index in [1.807, 2.05) is 0 Å². The number of nitrogens with zero attached hydrogens (tertiary/aromatic N) is 2. The maximum absolute atomic E-state index is 11.3. The van der Waals surface area contributed by atoms with Crippen molar-refractivity contribution in [3.63, 3.8) is 0 Å². The molecule has 1 aliphatic heterocycles. The molecule has 5 heteroatoms. The van der Waals surface area contributed by atoms with Crippen molar-refractivity contribution in [2.45, 2.75) is 12.5 Å². The van der Waals surface area contributed by atoms with Crippen LogP contribution in [0.1, 0.15) is 11.2 Å². The highest BCUT2D eigenvalue weighted by Gasteiger charge is 2.23. The van der Waals surface area contributed by atoms with Gasteiger partial charge in [0.1, 0.15) is 5.82 Å². The van der Waals surface area contributed by atoms with Gasteiger partial charge in [-0.25, -0.2) is 0 Å². The monoisotopic (exact) mass is 167 g/mol. The molecule has 1 aliphatic rings. The standard InChI is InChI=1S/C7H9N3O2/c11-4-5-3-7(12)10-6(9-5)1-2-8-10/h1-2,5,9,11H,3-4H2. The second kappa shape index (κ2) is 2.60. The van der Waals surface area contributed by atoms with E-state index in [0.717, 1.165) is 0 Å². The van der Waals surface area contributed by atoms with Gasteiger partial charge in [0, 0.05) is 6.07 Å². The van der Waals surface area contributed by atoms with Crippen molar-refractivity contribution in [3.8, 4) is 0 Å². The third-order valence-electron chi connectivity index (χ3n) is 1.87. The first kappa shape index (κ1) is 7.30. The van der Waals surface area contributed by atoms with E-state index in [9.17, 15) is 4.79 Å². The van der Waals surface area contributed by atoms with Crippen LogP contribution in [0, 0.1) is 0 Å². The molecule has 0 radical (unpaired) electrons. The summed E-state index contributed by atoms with van der Waals surface area (Å²) in [7, 11) is 0. The summed E-state index contributed by atoms with van der Waals surface area (Å²) in [5, 5.41) is 15.6. The molecule has 5 nitrogen and oxygen atoms in total. The molecule has 0 aromatic carbocycles. The van der Waals surface area contributed by atoms with Crippen LogP contribution in [0.25, 0.3) is 0 Å². The van der Waals surface area contributed by atoms with E-state index in [-0.39, 0.29) is 18.6 Å². The minimum absolute atomic E-state index is 0.0308. The first-order valence-electron chi connectivity index (χ1n) is 3.76. The number of aliphatic hydroxyl groups excluding tert-OH is 1. The summed E-state index contributed by atoms with van der Waals surface area (Å²) >= 11 is 0. The summed E-state index contributed by atoms with van der Waals surface area (Å²) in [4.78, 5) is 11.3. The molecule has 1 aromatic rings. The molecule has 0 spiro atoms. The molecule has 2 rings (SSSR count). The van der Waals surface area contributed by atoms with Gasteiger partial charge >= 0.3 is 0 Å². The highest BCUT2D eigenvalue weighted by Crippen LogP contribution is 2.15. The Morgan fingerprint density at radius 3 is 3.42 bits per heavy atom. The van der Waals surface area contributed by atoms with Gasteiger partial charge in [0.25, 0.3) is 5.91 Å². The van der Waals surface area contributed by atoms with Gasteiger partial charge in [0.2, 0.25) is 0 Å². The van der Waals surface area contributed by atoms with E-state index >= 15 is 0 Å². The van der Waals surface area contributed by atoms with Crippen LogP contribution in [-0.4, -0.2) is 33.4 Å². The summed E-state index contributed by atoms with van der Waals surface area (Å²) in [6, 6.07) is 1.54. The number of aromatic nitrogens is 2. The fourth-order valence-electron chi connectivity index (χ4n) is 1.28. The van der Waals surface area contributed by atoms with Gasteiger partial charge in [0.15, 0.2) is 0 Å². The number of hydrogen-bond acceptors (Lipinski definition) is 4. The lowest BCUT2D eigenvalue weighted by Crippen LogP contribution is -2.36. The lowest BCUT2D eigenvalue weighted by Gasteiger charge is -2.22. The second-order valence-corrected chi connectivity index (χ2v) is 2.75. The quantitative estimate of drug-likeness (QED) is 0.602. The Morgan fingerprint density at radius 1 is 1.83 bits per heavy atom. The minimum Gasteiger partial charge on any atom is -0.394 e. The van der Waals surface area contributed by atoms with Crippen molar-refractivity contribution in [1.29, 1.82) is 0 Å². The van der Waals surface area contributed by atoms with E-state index < -0.39 is 0 Å². The summed E-state index contributed by atoms with van der Waals surface area (Å²) in [5.74, 6) is 0.582. The normalized spacial score (nSPS) is 21.8. The predicted octanol–water partition coefficient (Wildman–Crippen LogP) is -0.300. The zero-order chi connectivity index (χ0) is 8.55. The van der Waals surface area contributed by atoms with Crippen molar-refractivity contribution in [1.82, 2.24) is 9.78 Å². The van der Waals surface area contributed by atoms with Gasteiger partial charge in [-0.05, 0) is 0 Å². The van der Waals surface area contributed by atoms with Crippen LogP contribution < -0.4 is 5.32 Å². The van der Waals surface area contributed by atoms with Gasteiger partial charge in [-0.2, -0.15) is 9.78 Å². The van der Waals surface area contributed by atoms with Crippen LogP contribution in [0.3, 0.4) is 0 Å². The Balaban J connectivity index is 2.32. The highest BCUT2D eigenvalue weighted by molar-refractivity contribution is 5.84. The largest absolute Gasteiger partial charge is 0.394 e. The molecule has 64 valence electrons. The SMILES string of the molecule is O=C1CC(CO)Nc2ccnn21. The smallest absolute Gasteiger partial charge is 0.250 e. The van der Waals surface area contributed by atoms with Crippen molar-refractivity contribution >= 4 is 11.7 Å². The Hall–Kier alpha value is -1.36. The molecule has 0 fully saturated rings. The van der Waals surface area contributed by atoms with Gasteiger partial charge in [-0.1, -0.05) is 0 Å². The first-order valence-corrected chi connectivity index (χ1v) is 3.76. The number of nitrogens with one attached hydrogen (secondary N) is 1. The molecule has 0 saturated carbocycles. The second-order valence-electron chi connectivity index (χ2n) is 2.75. The average Bonchev–Trinajstić information content (AvgIpc) is 2.52. The highest BCUT2D eigenvalue weighted by atomic mass is 16.3. The van der Waals surface area contributed by atoms with Crippen molar-refractivity contribution in [2.75, 3.05) is 11.9 Å². The minimum atomic E-state index is -0.165. The van der Waals surface area contributed by atoms with Crippen LogP contribution >= 0.6 is 0 Å². The van der Waals surface area contributed by atoms with E-state index in [1.165, 1.54) is 4.68 Å². The molecular weight excluding hydrogens is 158 g/mol. The zero-order valence-electron chi connectivity index (χ0n) is 6.40. The first-order chi connectivity index (χ1) is 5.81. The summed E-state index contributed by atoms with van der Waals surface area (Å²) < 4.78 is 1.31. The van der Waals surface area contributed by atoms with Crippen molar-refractivity contribution in [3.05, 3.63) is 12.3 Å². The predicted molar refractivity (Wildman–Crippen MR) is 42.0 cm³/mol. The molecule has 1 aromatic heterocycles. The average molecular weight is 167 g/mol. The van der Waals surface area contributed by atoms with Gasteiger partial charge in [0.05, 0.1) is 25.3 Å². The molecule has 0 bridgehead atoms. The van der Waals surface area contributed by atoms with E-state index in [0.29, 0.717) is 12.2 Å². The molecule has 0 aliphatic carbocycles. The molecule has 1 unspecified atom stereocenters. The number of carbonyl (C=O) groups is 1. The van der Waals surface area contributed by atoms with Gasteiger partial charge < -0.3 is 10.4 Å². The molecule has 2 heterocycles. The summed E-state index contributed by atoms with van der Waals surface area (Å²) in [6.07, 6.45) is 1.85. The Bertz CT molecular complexity index is 307. The molecule has 0 saturated heterocycles. The van der Waals surface area contributed by atoms with Crippen LogP contribution in [0.5, 0.6) is 0 Å². The Labute approximate surface area is 69.0 Å². The van der Waals surface area contributed by atoms with E-state index in [1.54, 1.807) is 12.3 Å². The van der Waals surface area contributed by atoms with Crippen molar-refractivity contribution < 1.29 is 9.90 Å². The van der Waals surface area contributed by atoms with Crippen LogP contribution in [0.4, 0.5) is 5.82 Å². The van der Waals surface area contributed by atoms with Crippen LogP contribution in [0.2, 0.25) is 0 Å². The number of carbonyl (C=O) groups excluding carboxylic acids is 1. The number of rotatable bonds is 1. The molecule has 2 N–H and O–H groups in total. The number of hydrogen-bond donors (Lipinski definition) is 2. The van der Waals surface area contributed by atoms with E-state index in [2.05, 4.69) is 10.4 Å². The topological polar surface area (TPSA) is 67.2 Å². The zero-order valence-corrected chi connectivity index (χ0v) is 6.40. The Morgan fingerprint density at radius 2 is 2.67 bits per heavy atom. The molecule has 1 atom stereocenters. The lowest BCUT2D eigenvalue weighted by atomic mass is 10.2. The fourth-order valence-corrected chi connectivity index (χ4v) is 1.28. The van der Waals surface area contributed by atoms with Gasteiger partial charge in [-0.15, -0.1) is 0 Å². The van der Waals surface area contributed by atoms with Crippen molar-refractivity contribution in [2.24, 2.45) is 0 Å². The number of fused-ring (bicyclic) bond motifs is 1. The molecular formula is C7H9N3O2. The third-order valence-corrected chi connectivity index (χ3v) is 1.87. The molecule has 0 amide bonds. The summed E-state index contributed by atoms with van der Waals surface area (Å²) in [6.45, 7) is -0.0308. The van der Waals surface area contributed by atoms with E-state index in [4.69, 9.17) is 5.11 Å². The third kappa shape index (κ3) is 0.984. The number of anilines is 1. The number of aliphatic hydroxyl groups is 1. The maximum Gasteiger partial charge on any atom is 0.250 e. The maximum atomic E-state index is 11.3. The van der Waals surface area contributed by atoms with Gasteiger partial charge in [-0.3, -0.25) is 4.79 Å². The molecule has 12 heavy (non-hydrogen) atoms. The summed E-state index contributed by atoms with van der Waals surface area (Å²) in [5.41, 5.74) is 0. The lowest BCUT2D eigenvalue weighted by molar-refractivity contribution is 0.0858. The van der Waals surface area contributed by atoms with Crippen LogP contribution in [0.15, 0.2) is 12.3 Å². The Kier molecular flexibility index (Phi) is 1.58. The fraction of sp³-hybridized carbons (Fsp3) is 0.429. The van der Waals surface area contributed by atoms with Crippen LogP contribution in [-0.2, 0) is 0 Å².